The van der Waals surface area contributed by atoms with Crippen molar-refractivity contribution >= 4 is 5.91 Å². The van der Waals surface area contributed by atoms with Crippen molar-refractivity contribution in [1.29, 1.82) is 0 Å². The average molecular weight is 298 g/mol. The minimum absolute atomic E-state index is 0.114. The van der Waals surface area contributed by atoms with E-state index in [1.165, 1.54) is 5.56 Å². The summed E-state index contributed by atoms with van der Waals surface area (Å²) in [6.45, 7) is 6.75. The fourth-order valence-electron chi connectivity index (χ4n) is 3.40. The number of benzene rings is 1. The fourth-order valence-corrected chi connectivity index (χ4v) is 3.40. The van der Waals surface area contributed by atoms with Crippen LogP contribution in [0, 0.1) is 20.8 Å². The third-order valence-corrected chi connectivity index (χ3v) is 4.60. The molecule has 0 radical (unpaired) electrons. The molecule has 2 aromatic rings. The second-order valence-corrected chi connectivity index (χ2v) is 6.09. The molecule has 4 nitrogen and oxygen atoms in total. The van der Waals surface area contributed by atoms with Crippen LogP contribution in [0.4, 0.5) is 0 Å². The van der Waals surface area contributed by atoms with Gasteiger partial charge in [-0.1, -0.05) is 29.4 Å². The number of likely N-dealkylation sites (tertiary alicyclic amines) is 1. The normalized spacial score (nSPS) is 18.0. The Hall–Kier alpha value is -2.10. The third-order valence-electron chi connectivity index (χ3n) is 4.60. The van der Waals surface area contributed by atoms with E-state index in [9.17, 15) is 4.79 Å². The molecule has 0 aliphatic carbocycles. The maximum absolute atomic E-state index is 12.8. The van der Waals surface area contributed by atoms with Crippen molar-refractivity contribution in [1.82, 2.24) is 10.1 Å². The van der Waals surface area contributed by atoms with Crippen LogP contribution < -0.4 is 0 Å². The van der Waals surface area contributed by atoms with Gasteiger partial charge in [0.15, 0.2) is 0 Å². The third kappa shape index (κ3) is 2.65. The van der Waals surface area contributed by atoms with Crippen LogP contribution in [0.1, 0.15) is 47.0 Å². The number of aryl methyl sites for hydroxylation is 3. The van der Waals surface area contributed by atoms with Gasteiger partial charge in [-0.05, 0) is 44.7 Å². The quantitative estimate of drug-likeness (QED) is 0.871. The molecule has 3 rings (SSSR count). The Morgan fingerprint density at radius 1 is 1.32 bits per heavy atom. The van der Waals surface area contributed by atoms with Crippen molar-refractivity contribution in [2.24, 2.45) is 0 Å². The molecule has 1 aliphatic heterocycles. The lowest BCUT2D eigenvalue weighted by Gasteiger charge is -2.25. The van der Waals surface area contributed by atoms with Crippen molar-refractivity contribution < 1.29 is 9.32 Å². The monoisotopic (exact) mass is 298 g/mol. The van der Waals surface area contributed by atoms with E-state index in [-0.39, 0.29) is 11.9 Å². The zero-order valence-electron chi connectivity index (χ0n) is 13.4. The Morgan fingerprint density at radius 2 is 2.09 bits per heavy atom. The Labute approximate surface area is 131 Å². The van der Waals surface area contributed by atoms with Gasteiger partial charge in [0.1, 0.15) is 5.76 Å². The van der Waals surface area contributed by atoms with Crippen molar-refractivity contribution in [3.05, 3.63) is 52.4 Å². The van der Waals surface area contributed by atoms with Crippen LogP contribution in [0.2, 0.25) is 0 Å². The molecule has 116 valence electrons. The van der Waals surface area contributed by atoms with Gasteiger partial charge in [0.2, 0.25) is 5.91 Å². The SMILES string of the molecule is Cc1ccccc1CC(=O)N1CCCC1c1c(C)noc1C. The van der Waals surface area contributed by atoms with Gasteiger partial charge < -0.3 is 9.42 Å². The van der Waals surface area contributed by atoms with E-state index in [1.54, 1.807) is 0 Å². The van der Waals surface area contributed by atoms with Crippen LogP contribution in [-0.2, 0) is 11.2 Å². The van der Waals surface area contributed by atoms with Gasteiger partial charge in [-0.2, -0.15) is 0 Å². The number of carbonyl (C=O) groups excluding carboxylic acids is 1. The van der Waals surface area contributed by atoms with Crippen molar-refractivity contribution in [2.45, 2.75) is 46.1 Å². The Bertz CT molecular complexity index is 671. The van der Waals surface area contributed by atoms with Crippen LogP contribution in [0.15, 0.2) is 28.8 Å². The number of hydrogen-bond acceptors (Lipinski definition) is 3. The number of nitrogens with zero attached hydrogens (tertiary/aromatic N) is 2. The predicted molar refractivity (Wildman–Crippen MR) is 84.5 cm³/mol. The largest absolute Gasteiger partial charge is 0.361 e. The van der Waals surface area contributed by atoms with Crippen LogP contribution >= 0.6 is 0 Å². The highest BCUT2D eigenvalue weighted by molar-refractivity contribution is 5.80. The summed E-state index contributed by atoms with van der Waals surface area (Å²) in [6, 6.07) is 8.20. The van der Waals surface area contributed by atoms with E-state index in [1.807, 2.05) is 36.9 Å². The second-order valence-electron chi connectivity index (χ2n) is 6.09. The van der Waals surface area contributed by atoms with Crippen molar-refractivity contribution in [2.75, 3.05) is 6.54 Å². The molecular weight excluding hydrogens is 276 g/mol. The van der Waals surface area contributed by atoms with Gasteiger partial charge in [-0.15, -0.1) is 0 Å². The highest BCUT2D eigenvalue weighted by Crippen LogP contribution is 2.35. The first-order chi connectivity index (χ1) is 10.6. The lowest BCUT2D eigenvalue weighted by molar-refractivity contribution is -0.131. The number of carbonyl (C=O) groups is 1. The van der Waals surface area contributed by atoms with E-state index in [4.69, 9.17) is 4.52 Å². The molecule has 1 atom stereocenters. The van der Waals surface area contributed by atoms with Crippen LogP contribution in [0.25, 0.3) is 0 Å². The van der Waals surface area contributed by atoms with Crippen LogP contribution in [0.5, 0.6) is 0 Å². The van der Waals surface area contributed by atoms with Crippen LogP contribution in [0.3, 0.4) is 0 Å². The Morgan fingerprint density at radius 3 is 2.77 bits per heavy atom. The first kappa shape index (κ1) is 14.8. The van der Waals surface area contributed by atoms with Crippen molar-refractivity contribution in [3.8, 4) is 0 Å². The number of amides is 1. The second kappa shape index (κ2) is 5.95. The molecule has 1 saturated heterocycles. The lowest BCUT2D eigenvalue weighted by atomic mass is 10.0. The molecule has 0 N–H and O–H groups in total. The molecule has 0 saturated carbocycles. The molecule has 1 aromatic heterocycles. The Kier molecular flexibility index (Phi) is 4.01. The molecule has 1 unspecified atom stereocenters. The molecule has 1 aliphatic rings. The van der Waals surface area contributed by atoms with Crippen LogP contribution in [-0.4, -0.2) is 22.5 Å². The van der Waals surface area contributed by atoms with E-state index < -0.39 is 0 Å². The number of aromatic nitrogens is 1. The Balaban J connectivity index is 1.81. The maximum Gasteiger partial charge on any atom is 0.227 e. The summed E-state index contributed by atoms with van der Waals surface area (Å²) in [5.74, 6) is 1.02. The summed E-state index contributed by atoms with van der Waals surface area (Å²) >= 11 is 0. The molecule has 22 heavy (non-hydrogen) atoms. The minimum atomic E-state index is 0.114. The first-order valence-corrected chi connectivity index (χ1v) is 7.84. The highest BCUT2D eigenvalue weighted by Gasteiger charge is 2.33. The van der Waals surface area contributed by atoms with Crippen molar-refractivity contribution in [3.63, 3.8) is 0 Å². The van der Waals surface area contributed by atoms with E-state index in [0.717, 1.165) is 42.0 Å². The van der Waals surface area contributed by atoms with E-state index in [0.29, 0.717) is 6.42 Å². The smallest absolute Gasteiger partial charge is 0.227 e. The molecule has 1 amide bonds. The summed E-state index contributed by atoms with van der Waals surface area (Å²) in [6.07, 6.45) is 2.49. The summed E-state index contributed by atoms with van der Waals surface area (Å²) in [4.78, 5) is 14.8. The molecule has 1 aromatic carbocycles. The summed E-state index contributed by atoms with van der Waals surface area (Å²) in [5, 5.41) is 4.04. The molecule has 2 heterocycles. The van der Waals surface area contributed by atoms with Gasteiger partial charge in [-0.25, -0.2) is 0 Å². The average Bonchev–Trinajstić information content (AvgIpc) is 3.08. The predicted octanol–water partition coefficient (Wildman–Crippen LogP) is 3.51. The van der Waals surface area contributed by atoms with Gasteiger partial charge in [0.25, 0.3) is 0 Å². The standard InChI is InChI=1S/C18H22N2O2/c1-12-7-4-5-8-15(12)11-17(21)20-10-6-9-16(20)18-13(2)19-22-14(18)3/h4-5,7-8,16H,6,9-11H2,1-3H3. The molecule has 0 spiro atoms. The van der Waals surface area contributed by atoms with Gasteiger partial charge >= 0.3 is 0 Å². The highest BCUT2D eigenvalue weighted by atomic mass is 16.5. The van der Waals surface area contributed by atoms with Gasteiger partial charge in [-0.3, -0.25) is 4.79 Å². The molecule has 1 fully saturated rings. The summed E-state index contributed by atoms with van der Waals surface area (Å²) in [7, 11) is 0. The maximum atomic E-state index is 12.8. The zero-order valence-corrected chi connectivity index (χ0v) is 13.4. The van der Waals surface area contributed by atoms with E-state index in [2.05, 4.69) is 18.1 Å². The molecule has 4 heteroatoms. The number of hydrogen-bond donors (Lipinski definition) is 0. The van der Waals surface area contributed by atoms with Gasteiger partial charge in [0, 0.05) is 12.1 Å². The number of rotatable bonds is 3. The summed E-state index contributed by atoms with van der Waals surface area (Å²) < 4.78 is 5.29. The molecular formula is C18H22N2O2. The summed E-state index contributed by atoms with van der Waals surface area (Å²) in [5.41, 5.74) is 4.27. The first-order valence-electron chi connectivity index (χ1n) is 7.84. The topological polar surface area (TPSA) is 46.3 Å². The minimum Gasteiger partial charge on any atom is -0.361 e. The fraction of sp³-hybridized carbons (Fsp3) is 0.444. The zero-order chi connectivity index (χ0) is 15.7. The lowest BCUT2D eigenvalue weighted by Crippen LogP contribution is -2.32. The molecule has 0 bridgehead atoms. The van der Waals surface area contributed by atoms with Gasteiger partial charge in [0.05, 0.1) is 18.2 Å². The van der Waals surface area contributed by atoms with E-state index >= 15 is 0 Å².